The van der Waals surface area contributed by atoms with E-state index < -0.39 is 0 Å². The Kier molecular flexibility index (Phi) is 5.40. The second-order valence-corrected chi connectivity index (χ2v) is 10.1. The molecule has 0 radical (unpaired) electrons. The van der Waals surface area contributed by atoms with E-state index in [1.807, 2.05) is 34.9 Å². The minimum atomic E-state index is -0.00394. The van der Waals surface area contributed by atoms with E-state index in [1.54, 1.807) is 11.3 Å². The minimum Gasteiger partial charge on any atom is -0.345 e. The predicted molar refractivity (Wildman–Crippen MR) is 118 cm³/mol. The van der Waals surface area contributed by atoms with Gasteiger partial charge in [0.1, 0.15) is 0 Å². The summed E-state index contributed by atoms with van der Waals surface area (Å²) in [4.78, 5) is 24.3. The highest BCUT2D eigenvalue weighted by Crippen LogP contribution is 2.31. The number of hydrogen-bond donors (Lipinski definition) is 1. The van der Waals surface area contributed by atoms with Gasteiger partial charge >= 0.3 is 0 Å². The van der Waals surface area contributed by atoms with Crippen LogP contribution in [0.4, 0.5) is 5.13 Å². The Labute approximate surface area is 178 Å². The number of nitrogens with zero attached hydrogens (tertiary/aromatic N) is 4. The van der Waals surface area contributed by atoms with Crippen LogP contribution in [0.15, 0.2) is 18.2 Å². The molecule has 0 bridgehead atoms. The molecule has 0 spiro atoms. The molecule has 5 rings (SSSR count). The molecule has 3 saturated heterocycles. The lowest BCUT2D eigenvalue weighted by Crippen LogP contribution is -2.51. The molecule has 0 aliphatic carbocycles. The molecule has 3 aliphatic heterocycles. The molecule has 0 unspecified atom stereocenters. The third-order valence-corrected chi connectivity index (χ3v) is 8.19. The molecule has 1 aromatic carbocycles. The van der Waals surface area contributed by atoms with E-state index >= 15 is 0 Å². The van der Waals surface area contributed by atoms with Crippen molar-refractivity contribution < 1.29 is 4.79 Å². The van der Waals surface area contributed by atoms with Gasteiger partial charge in [-0.05, 0) is 24.6 Å². The van der Waals surface area contributed by atoms with E-state index in [4.69, 9.17) is 16.6 Å². The maximum absolute atomic E-state index is 12.6. The van der Waals surface area contributed by atoms with Crippen LogP contribution in [-0.2, 0) is 4.79 Å². The van der Waals surface area contributed by atoms with Crippen molar-refractivity contribution in [3.63, 3.8) is 0 Å². The highest BCUT2D eigenvalue weighted by atomic mass is 35.5. The molecule has 3 fully saturated rings. The summed E-state index contributed by atoms with van der Waals surface area (Å²) >= 11 is 9.67. The van der Waals surface area contributed by atoms with Crippen molar-refractivity contribution in [1.29, 1.82) is 0 Å². The molecule has 2 atom stereocenters. The summed E-state index contributed by atoms with van der Waals surface area (Å²) in [6.07, 6.45) is 0.930. The Morgan fingerprint density at radius 2 is 2.07 bits per heavy atom. The summed E-state index contributed by atoms with van der Waals surface area (Å²) in [6.45, 7) is 5.80. The van der Waals surface area contributed by atoms with Crippen LogP contribution >= 0.6 is 34.7 Å². The van der Waals surface area contributed by atoms with Gasteiger partial charge in [0, 0.05) is 56.1 Å². The second-order valence-electron chi connectivity index (χ2n) is 7.62. The Bertz CT molecular complexity index is 863. The first-order chi connectivity index (χ1) is 13.7. The fourth-order valence-corrected chi connectivity index (χ4v) is 6.54. The number of carbonyl (C=O) groups excluding carboxylic acids is 1. The number of carbonyl (C=O) groups is 1. The van der Waals surface area contributed by atoms with Crippen molar-refractivity contribution in [2.24, 2.45) is 0 Å². The number of amides is 1. The predicted octanol–water partition coefficient (Wildman–Crippen LogP) is 2.34. The minimum absolute atomic E-state index is 0.00394. The number of piperazine rings is 1. The summed E-state index contributed by atoms with van der Waals surface area (Å²) in [6, 6.07) is 6.34. The lowest BCUT2D eigenvalue weighted by atomic mass is 10.1. The van der Waals surface area contributed by atoms with Crippen LogP contribution in [-0.4, -0.2) is 83.7 Å². The fraction of sp³-hybridized carbons (Fsp3) is 0.579. The Balaban J connectivity index is 1.17. The van der Waals surface area contributed by atoms with Gasteiger partial charge in [-0.3, -0.25) is 9.69 Å². The first-order valence-corrected chi connectivity index (χ1v) is 12.2. The number of aromatic nitrogens is 1. The standard InChI is InChI=1S/C19H24ClN5OS2/c20-13-1-2-15-17(9-13)28-19(22-15)24-5-3-23(4-6-24)14-10-16(21-11-14)18(26)25-7-8-27-12-25/h1-2,9,14,16,21H,3-8,10-12H2/t14-,16-/m0/s1. The highest BCUT2D eigenvalue weighted by Gasteiger charge is 2.36. The van der Waals surface area contributed by atoms with E-state index in [-0.39, 0.29) is 6.04 Å². The molecule has 28 heavy (non-hydrogen) atoms. The van der Waals surface area contributed by atoms with Crippen LogP contribution < -0.4 is 10.2 Å². The van der Waals surface area contributed by atoms with Gasteiger partial charge in [-0.2, -0.15) is 0 Å². The maximum Gasteiger partial charge on any atom is 0.240 e. The average Bonchev–Trinajstić information content (AvgIpc) is 3.47. The quantitative estimate of drug-likeness (QED) is 0.795. The van der Waals surface area contributed by atoms with Crippen LogP contribution in [0.2, 0.25) is 5.02 Å². The molecule has 6 nitrogen and oxygen atoms in total. The number of fused-ring (bicyclic) bond motifs is 1. The molecule has 1 N–H and O–H groups in total. The van der Waals surface area contributed by atoms with Gasteiger partial charge in [0.05, 0.1) is 22.1 Å². The Hall–Kier alpha value is -1.06. The lowest BCUT2D eigenvalue weighted by Gasteiger charge is -2.37. The van der Waals surface area contributed by atoms with Crippen molar-refractivity contribution in [2.75, 3.05) is 55.8 Å². The molecular formula is C19H24ClN5OS2. The van der Waals surface area contributed by atoms with Crippen molar-refractivity contribution >= 4 is 56.0 Å². The van der Waals surface area contributed by atoms with E-state index in [1.165, 1.54) is 0 Å². The molecule has 3 aliphatic rings. The van der Waals surface area contributed by atoms with E-state index in [0.29, 0.717) is 11.9 Å². The van der Waals surface area contributed by atoms with E-state index in [0.717, 1.165) is 77.7 Å². The van der Waals surface area contributed by atoms with Crippen molar-refractivity contribution in [3.05, 3.63) is 23.2 Å². The van der Waals surface area contributed by atoms with Crippen molar-refractivity contribution in [1.82, 2.24) is 20.1 Å². The lowest BCUT2D eigenvalue weighted by molar-refractivity contribution is -0.131. The van der Waals surface area contributed by atoms with Crippen LogP contribution in [0.5, 0.6) is 0 Å². The van der Waals surface area contributed by atoms with Gasteiger partial charge < -0.3 is 15.1 Å². The third kappa shape index (κ3) is 3.73. The first kappa shape index (κ1) is 18.9. The molecule has 1 aromatic heterocycles. The SMILES string of the molecule is O=C([C@@H]1C[C@H](N2CCN(c3nc4ccc(Cl)cc4s3)CC2)CN1)N1CCSC1. The zero-order chi connectivity index (χ0) is 19.1. The number of benzene rings is 1. The van der Waals surface area contributed by atoms with Crippen molar-refractivity contribution in [3.8, 4) is 0 Å². The first-order valence-electron chi connectivity index (χ1n) is 9.82. The number of anilines is 1. The van der Waals surface area contributed by atoms with Crippen LogP contribution in [0.1, 0.15) is 6.42 Å². The molecule has 4 heterocycles. The maximum atomic E-state index is 12.6. The topological polar surface area (TPSA) is 51.7 Å². The fourth-order valence-electron chi connectivity index (χ4n) is 4.29. The zero-order valence-corrected chi connectivity index (χ0v) is 18.0. The summed E-state index contributed by atoms with van der Waals surface area (Å²) in [5.41, 5.74) is 1.02. The zero-order valence-electron chi connectivity index (χ0n) is 15.6. The third-order valence-electron chi connectivity index (χ3n) is 5.91. The molecule has 150 valence electrons. The van der Waals surface area contributed by atoms with Crippen LogP contribution in [0.25, 0.3) is 10.2 Å². The second kappa shape index (κ2) is 7.99. The van der Waals surface area contributed by atoms with Gasteiger partial charge in [0.2, 0.25) is 5.91 Å². The number of hydrogen-bond acceptors (Lipinski definition) is 7. The van der Waals surface area contributed by atoms with Gasteiger partial charge in [0.15, 0.2) is 5.13 Å². The van der Waals surface area contributed by atoms with E-state index in [2.05, 4.69) is 15.1 Å². The van der Waals surface area contributed by atoms with Gasteiger partial charge in [-0.25, -0.2) is 4.98 Å². The normalized spacial score (nSPS) is 26.5. The summed E-state index contributed by atoms with van der Waals surface area (Å²) in [5.74, 6) is 2.22. The van der Waals surface area contributed by atoms with Gasteiger partial charge in [0.25, 0.3) is 0 Å². The summed E-state index contributed by atoms with van der Waals surface area (Å²) in [5, 5.41) is 5.31. The average molecular weight is 438 g/mol. The molecular weight excluding hydrogens is 414 g/mol. The smallest absolute Gasteiger partial charge is 0.240 e. The molecule has 2 aromatic rings. The van der Waals surface area contributed by atoms with E-state index in [9.17, 15) is 4.79 Å². The number of thiazole rings is 1. The Morgan fingerprint density at radius 3 is 2.86 bits per heavy atom. The van der Waals surface area contributed by atoms with Crippen molar-refractivity contribution in [2.45, 2.75) is 18.5 Å². The number of thioether (sulfide) groups is 1. The highest BCUT2D eigenvalue weighted by molar-refractivity contribution is 7.99. The summed E-state index contributed by atoms with van der Waals surface area (Å²) < 4.78 is 1.14. The van der Waals surface area contributed by atoms with Gasteiger partial charge in [-0.15, -0.1) is 11.8 Å². The Morgan fingerprint density at radius 1 is 1.21 bits per heavy atom. The summed E-state index contributed by atoms with van der Waals surface area (Å²) in [7, 11) is 0. The monoisotopic (exact) mass is 437 g/mol. The number of halogens is 1. The molecule has 9 heteroatoms. The van der Waals surface area contributed by atoms with Crippen LogP contribution in [0, 0.1) is 0 Å². The molecule has 0 saturated carbocycles. The van der Waals surface area contributed by atoms with Crippen LogP contribution in [0.3, 0.4) is 0 Å². The van der Waals surface area contributed by atoms with Gasteiger partial charge in [-0.1, -0.05) is 22.9 Å². The molecule has 1 amide bonds. The number of rotatable bonds is 3. The largest absolute Gasteiger partial charge is 0.345 e. The number of nitrogens with one attached hydrogen (secondary N) is 1.